The molecule has 0 atom stereocenters. The number of anilines is 2. The minimum atomic E-state index is -0.486. The monoisotopic (exact) mass is 464 g/mol. The highest BCUT2D eigenvalue weighted by molar-refractivity contribution is 6.05. The van der Waals surface area contributed by atoms with Gasteiger partial charge in [0.05, 0.1) is 5.92 Å². The van der Waals surface area contributed by atoms with E-state index in [-0.39, 0.29) is 11.8 Å². The third-order valence-corrected chi connectivity index (χ3v) is 5.27. The minimum absolute atomic E-state index is 0.181. The van der Waals surface area contributed by atoms with Crippen molar-refractivity contribution < 1.29 is 19.1 Å². The Morgan fingerprint density at radius 2 is 1.23 bits per heavy atom. The molecule has 0 heterocycles. The molecule has 0 saturated heterocycles. The Hall–Kier alpha value is -4.71. The van der Waals surface area contributed by atoms with Crippen molar-refractivity contribution >= 4 is 29.2 Å². The summed E-state index contributed by atoms with van der Waals surface area (Å²) in [4.78, 5) is 37.3. The third kappa shape index (κ3) is 6.21. The first-order valence-corrected chi connectivity index (χ1v) is 11.1. The molecule has 0 radical (unpaired) electrons. The molecule has 0 fully saturated rings. The number of carbonyl (C=O) groups excluding carboxylic acids is 3. The lowest BCUT2D eigenvalue weighted by molar-refractivity contribution is -0.131. The second kappa shape index (κ2) is 10.9. The number of benzene rings is 4. The zero-order valence-electron chi connectivity index (χ0n) is 19.1. The highest BCUT2D eigenvalue weighted by atomic mass is 16.5. The van der Waals surface area contributed by atoms with Gasteiger partial charge in [0.15, 0.2) is 0 Å². The van der Waals surface area contributed by atoms with Gasteiger partial charge in [0.25, 0.3) is 5.91 Å². The number of hydrogen-bond acceptors (Lipinski definition) is 4. The Balaban J connectivity index is 1.51. The fraction of sp³-hybridized carbons (Fsp3) is 0.0690. The van der Waals surface area contributed by atoms with Crippen LogP contribution in [0, 0.1) is 0 Å². The summed E-state index contributed by atoms with van der Waals surface area (Å²) in [6.07, 6.45) is 0. The maximum absolute atomic E-state index is 13.4. The second-order valence-electron chi connectivity index (χ2n) is 7.90. The van der Waals surface area contributed by atoms with Crippen LogP contribution in [0.1, 0.15) is 34.3 Å². The van der Waals surface area contributed by atoms with Crippen LogP contribution in [-0.4, -0.2) is 17.8 Å². The van der Waals surface area contributed by atoms with Gasteiger partial charge >= 0.3 is 5.97 Å². The van der Waals surface area contributed by atoms with Gasteiger partial charge in [-0.2, -0.15) is 0 Å². The summed E-state index contributed by atoms with van der Waals surface area (Å²) in [5.74, 6) is -1.21. The van der Waals surface area contributed by atoms with Crippen molar-refractivity contribution in [2.24, 2.45) is 0 Å². The first-order valence-electron chi connectivity index (χ1n) is 11.1. The summed E-state index contributed by atoms with van der Waals surface area (Å²) in [6.45, 7) is 1.30. The average Bonchev–Trinajstić information content (AvgIpc) is 2.85. The van der Waals surface area contributed by atoms with Gasteiger partial charge in [-0.1, -0.05) is 72.8 Å². The molecule has 0 aliphatic rings. The van der Waals surface area contributed by atoms with E-state index in [4.69, 9.17) is 4.74 Å². The van der Waals surface area contributed by atoms with E-state index in [1.165, 1.54) is 13.0 Å². The number of hydrogen-bond donors (Lipinski definition) is 2. The average molecular weight is 465 g/mol. The largest absolute Gasteiger partial charge is 0.427 e. The van der Waals surface area contributed by atoms with Gasteiger partial charge in [-0.3, -0.25) is 14.4 Å². The summed E-state index contributed by atoms with van der Waals surface area (Å²) in [7, 11) is 0. The van der Waals surface area contributed by atoms with Crippen molar-refractivity contribution in [1.29, 1.82) is 0 Å². The first-order chi connectivity index (χ1) is 17.0. The number of esters is 1. The van der Waals surface area contributed by atoms with Gasteiger partial charge < -0.3 is 15.4 Å². The van der Waals surface area contributed by atoms with Crippen LogP contribution in [0.4, 0.5) is 11.4 Å². The summed E-state index contributed by atoms with van der Waals surface area (Å²) >= 11 is 0. The van der Waals surface area contributed by atoms with E-state index in [1.807, 2.05) is 60.7 Å². The Morgan fingerprint density at radius 1 is 0.657 bits per heavy atom. The van der Waals surface area contributed by atoms with Crippen LogP contribution in [0.25, 0.3) is 0 Å². The Kier molecular flexibility index (Phi) is 7.33. The molecular weight excluding hydrogens is 440 g/mol. The van der Waals surface area contributed by atoms with Crippen molar-refractivity contribution in [2.45, 2.75) is 12.8 Å². The molecule has 0 aliphatic carbocycles. The molecule has 2 N–H and O–H groups in total. The summed E-state index contributed by atoms with van der Waals surface area (Å²) in [5, 5.41) is 5.79. The van der Waals surface area contributed by atoms with Crippen LogP contribution in [0.2, 0.25) is 0 Å². The molecule has 4 aromatic carbocycles. The topological polar surface area (TPSA) is 84.5 Å². The molecule has 6 heteroatoms. The molecule has 0 unspecified atom stereocenters. The summed E-state index contributed by atoms with van der Waals surface area (Å²) in [5.41, 5.74) is 3.17. The van der Waals surface area contributed by atoms with Crippen molar-refractivity contribution in [3.05, 3.63) is 126 Å². The van der Waals surface area contributed by atoms with Crippen LogP contribution in [-0.2, 0) is 9.59 Å². The molecule has 4 aromatic rings. The van der Waals surface area contributed by atoms with E-state index < -0.39 is 11.9 Å². The van der Waals surface area contributed by atoms with Crippen LogP contribution >= 0.6 is 0 Å². The molecule has 6 nitrogen and oxygen atoms in total. The Bertz CT molecular complexity index is 1300. The molecule has 0 saturated carbocycles. The van der Waals surface area contributed by atoms with Gasteiger partial charge in [0.2, 0.25) is 5.91 Å². The zero-order chi connectivity index (χ0) is 24.6. The molecule has 0 spiro atoms. The van der Waals surface area contributed by atoms with Crippen LogP contribution < -0.4 is 15.4 Å². The molecule has 0 aliphatic heterocycles. The highest BCUT2D eigenvalue weighted by Crippen LogP contribution is 2.27. The van der Waals surface area contributed by atoms with Crippen molar-refractivity contribution in [1.82, 2.24) is 0 Å². The number of amides is 2. The maximum Gasteiger partial charge on any atom is 0.308 e. The minimum Gasteiger partial charge on any atom is -0.427 e. The lowest BCUT2D eigenvalue weighted by Gasteiger charge is -2.18. The summed E-state index contributed by atoms with van der Waals surface area (Å²) in [6, 6.07) is 32.5. The van der Waals surface area contributed by atoms with Crippen LogP contribution in [0.15, 0.2) is 109 Å². The van der Waals surface area contributed by atoms with E-state index in [9.17, 15) is 14.4 Å². The first kappa shape index (κ1) is 23.4. The van der Waals surface area contributed by atoms with Crippen LogP contribution in [0.5, 0.6) is 5.75 Å². The molecular formula is C29H24N2O4. The lowest BCUT2D eigenvalue weighted by atomic mass is 9.90. The lowest BCUT2D eigenvalue weighted by Crippen LogP contribution is -2.22. The van der Waals surface area contributed by atoms with Gasteiger partial charge in [-0.25, -0.2) is 0 Å². The molecule has 0 aromatic heterocycles. The maximum atomic E-state index is 13.4. The van der Waals surface area contributed by atoms with Gasteiger partial charge in [-0.05, 0) is 47.5 Å². The predicted molar refractivity (Wildman–Crippen MR) is 136 cm³/mol. The molecule has 2 amide bonds. The fourth-order valence-electron chi connectivity index (χ4n) is 3.75. The fourth-order valence-corrected chi connectivity index (χ4v) is 3.75. The molecule has 174 valence electrons. The Labute approximate surface area is 203 Å². The zero-order valence-corrected chi connectivity index (χ0v) is 19.1. The highest BCUT2D eigenvalue weighted by Gasteiger charge is 2.22. The number of rotatable bonds is 7. The molecule has 4 rings (SSSR count). The van der Waals surface area contributed by atoms with Gasteiger partial charge in [0.1, 0.15) is 5.75 Å². The molecule has 35 heavy (non-hydrogen) atoms. The van der Waals surface area contributed by atoms with Crippen LogP contribution in [0.3, 0.4) is 0 Å². The smallest absolute Gasteiger partial charge is 0.308 e. The number of carbonyl (C=O) groups is 3. The van der Waals surface area contributed by atoms with Crippen molar-refractivity contribution in [3.8, 4) is 5.75 Å². The third-order valence-electron chi connectivity index (χ3n) is 5.27. The van der Waals surface area contributed by atoms with E-state index in [0.717, 1.165) is 11.1 Å². The quantitative estimate of drug-likeness (QED) is 0.274. The van der Waals surface area contributed by atoms with E-state index in [1.54, 1.807) is 42.5 Å². The van der Waals surface area contributed by atoms with Gasteiger partial charge in [-0.15, -0.1) is 0 Å². The molecule has 0 bridgehead atoms. The van der Waals surface area contributed by atoms with Gasteiger partial charge in [0, 0.05) is 23.9 Å². The van der Waals surface area contributed by atoms with Crippen molar-refractivity contribution in [3.63, 3.8) is 0 Å². The SMILES string of the molecule is CC(=O)Oc1cccc(C(=O)Nc2cccc(NC(=O)C(c3ccccc3)c3ccccc3)c2)c1. The second-order valence-corrected chi connectivity index (χ2v) is 7.90. The number of ether oxygens (including phenoxy) is 1. The predicted octanol–water partition coefficient (Wildman–Crippen LogP) is 5.63. The summed E-state index contributed by atoms with van der Waals surface area (Å²) < 4.78 is 5.05. The van der Waals surface area contributed by atoms with E-state index in [2.05, 4.69) is 10.6 Å². The normalized spacial score (nSPS) is 10.5. The van der Waals surface area contributed by atoms with Crippen molar-refractivity contribution in [2.75, 3.05) is 10.6 Å². The number of nitrogens with one attached hydrogen (secondary N) is 2. The van der Waals surface area contributed by atoms with E-state index in [0.29, 0.717) is 22.7 Å². The van der Waals surface area contributed by atoms with E-state index >= 15 is 0 Å². The standard InChI is InChI=1S/C29H24N2O4/c1-20(32)35-26-17-8-14-23(18-26)28(33)30-24-15-9-16-25(19-24)31-29(34)27(21-10-4-2-5-11-21)22-12-6-3-7-13-22/h2-19,27H,1H3,(H,30,33)(H,31,34). The Morgan fingerprint density at radius 3 is 1.83 bits per heavy atom.